The van der Waals surface area contributed by atoms with Crippen LogP contribution in [0, 0.1) is 0 Å². The summed E-state index contributed by atoms with van der Waals surface area (Å²) in [5.41, 5.74) is 0.184. The van der Waals surface area contributed by atoms with E-state index >= 15 is 0 Å². The summed E-state index contributed by atoms with van der Waals surface area (Å²) in [6.45, 7) is 2.99. The maximum atomic E-state index is 11.7. The molecule has 0 aromatic heterocycles. The third kappa shape index (κ3) is 3.49. The molecule has 1 heterocycles. The van der Waals surface area contributed by atoms with Gasteiger partial charge in [-0.15, -0.1) is 0 Å². The van der Waals surface area contributed by atoms with Crippen LogP contribution in [0.3, 0.4) is 0 Å². The van der Waals surface area contributed by atoms with E-state index in [0.717, 1.165) is 6.42 Å². The molecule has 1 aromatic carbocycles. The van der Waals surface area contributed by atoms with E-state index in [1.807, 2.05) is 0 Å². The Bertz CT molecular complexity index is 508. The van der Waals surface area contributed by atoms with Crippen LogP contribution in [0.2, 0.25) is 5.02 Å². The van der Waals surface area contributed by atoms with Crippen LogP contribution in [0.5, 0.6) is 5.75 Å². The number of carbonyl (C=O) groups is 2. The van der Waals surface area contributed by atoms with Crippen molar-refractivity contribution in [1.29, 1.82) is 0 Å². The van der Waals surface area contributed by atoms with E-state index in [2.05, 4.69) is 4.74 Å². The Morgan fingerprint density at radius 2 is 2.25 bits per heavy atom. The average molecular weight is 299 g/mol. The highest BCUT2D eigenvalue weighted by Gasteiger charge is 2.21. The normalized spacial score (nSPS) is 17.8. The minimum Gasteiger partial charge on any atom is -0.486 e. The third-order valence-electron chi connectivity index (χ3n) is 2.84. The molecule has 5 nitrogen and oxygen atoms in total. The fraction of sp³-hybridized carbons (Fsp3) is 0.429. The molecular weight excluding hydrogens is 284 g/mol. The first-order chi connectivity index (χ1) is 9.61. The van der Waals surface area contributed by atoms with Gasteiger partial charge in [-0.05, 0) is 25.1 Å². The number of hydrogen-bond acceptors (Lipinski definition) is 5. The summed E-state index contributed by atoms with van der Waals surface area (Å²) in [5.74, 6) is -1.13. The lowest BCUT2D eigenvalue weighted by atomic mass is 10.1. The van der Waals surface area contributed by atoms with Crippen molar-refractivity contribution in [3.8, 4) is 5.75 Å². The SMILES string of the molecule is CCOC(=O)C(=O)c1ccc(OC2CCOC2)c(Cl)c1. The quantitative estimate of drug-likeness (QED) is 0.474. The highest BCUT2D eigenvalue weighted by atomic mass is 35.5. The minimum atomic E-state index is -0.888. The molecule has 0 spiro atoms. The maximum absolute atomic E-state index is 11.7. The molecule has 1 aliphatic rings. The summed E-state index contributed by atoms with van der Waals surface area (Å²) in [6, 6.07) is 4.48. The van der Waals surface area contributed by atoms with Crippen molar-refractivity contribution in [1.82, 2.24) is 0 Å². The van der Waals surface area contributed by atoms with Crippen molar-refractivity contribution in [3.05, 3.63) is 28.8 Å². The first kappa shape index (κ1) is 14.8. The van der Waals surface area contributed by atoms with E-state index in [0.29, 0.717) is 19.0 Å². The van der Waals surface area contributed by atoms with Crippen LogP contribution in [0.25, 0.3) is 0 Å². The molecule has 2 rings (SSSR count). The lowest BCUT2D eigenvalue weighted by molar-refractivity contribution is -0.137. The van der Waals surface area contributed by atoms with E-state index < -0.39 is 11.8 Å². The van der Waals surface area contributed by atoms with E-state index in [1.54, 1.807) is 13.0 Å². The molecule has 0 amide bonds. The second-order valence-electron chi connectivity index (χ2n) is 4.30. The Hall–Kier alpha value is -1.59. The summed E-state index contributed by atoms with van der Waals surface area (Å²) in [7, 11) is 0. The van der Waals surface area contributed by atoms with E-state index in [9.17, 15) is 9.59 Å². The molecule has 1 saturated heterocycles. The zero-order valence-electron chi connectivity index (χ0n) is 11.1. The Kier molecular flexibility index (Phi) is 4.98. The number of esters is 1. The topological polar surface area (TPSA) is 61.8 Å². The molecule has 1 atom stereocenters. The Morgan fingerprint density at radius 1 is 1.45 bits per heavy atom. The van der Waals surface area contributed by atoms with Gasteiger partial charge >= 0.3 is 5.97 Å². The molecule has 1 unspecified atom stereocenters. The zero-order chi connectivity index (χ0) is 14.5. The highest BCUT2D eigenvalue weighted by molar-refractivity contribution is 6.41. The van der Waals surface area contributed by atoms with Crippen molar-refractivity contribution in [2.24, 2.45) is 0 Å². The number of rotatable bonds is 5. The smallest absolute Gasteiger partial charge is 0.379 e. The molecule has 1 fully saturated rings. The molecule has 20 heavy (non-hydrogen) atoms. The van der Waals surface area contributed by atoms with Crippen LogP contribution in [0.1, 0.15) is 23.7 Å². The van der Waals surface area contributed by atoms with Crippen molar-refractivity contribution in [3.63, 3.8) is 0 Å². The molecule has 0 bridgehead atoms. The number of ketones is 1. The number of ether oxygens (including phenoxy) is 3. The van der Waals surface area contributed by atoms with Crippen molar-refractivity contribution < 1.29 is 23.8 Å². The van der Waals surface area contributed by atoms with Crippen molar-refractivity contribution >= 4 is 23.4 Å². The molecule has 1 aliphatic heterocycles. The standard InChI is InChI=1S/C14H15ClO5/c1-2-19-14(17)13(16)9-3-4-12(11(15)7-9)20-10-5-6-18-8-10/h3-4,7,10H,2,5-6,8H2,1H3. The molecule has 108 valence electrons. The Labute approximate surface area is 121 Å². The molecular formula is C14H15ClO5. The predicted molar refractivity (Wildman–Crippen MR) is 72.3 cm³/mol. The van der Waals surface area contributed by atoms with Gasteiger partial charge in [0.25, 0.3) is 5.78 Å². The molecule has 0 radical (unpaired) electrons. The summed E-state index contributed by atoms with van der Waals surface area (Å²) in [6.07, 6.45) is 0.777. The monoisotopic (exact) mass is 298 g/mol. The largest absolute Gasteiger partial charge is 0.486 e. The van der Waals surface area contributed by atoms with E-state index in [1.165, 1.54) is 12.1 Å². The Morgan fingerprint density at radius 3 is 2.85 bits per heavy atom. The highest BCUT2D eigenvalue weighted by Crippen LogP contribution is 2.28. The number of hydrogen-bond donors (Lipinski definition) is 0. The summed E-state index contributed by atoms with van der Waals surface area (Å²) in [4.78, 5) is 23.1. The van der Waals surface area contributed by atoms with Crippen LogP contribution >= 0.6 is 11.6 Å². The van der Waals surface area contributed by atoms with Gasteiger partial charge in [-0.25, -0.2) is 4.79 Å². The predicted octanol–water partition coefficient (Wildman–Crippen LogP) is 2.25. The van der Waals surface area contributed by atoms with Gasteiger partial charge in [-0.1, -0.05) is 11.6 Å². The average Bonchev–Trinajstić information content (AvgIpc) is 2.93. The van der Waals surface area contributed by atoms with Gasteiger partial charge in [0.15, 0.2) is 0 Å². The van der Waals surface area contributed by atoms with E-state index in [4.69, 9.17) is 21.1 Å². The Balaban J connectivity index is 2.08. The van der Waals surface area contributed by atoms with Crippen molar-refractivity contribution in [2.75, 3.05) is 19.8 Å². The maximum Gasteiger partial charge on any atom is 0.379 e. The van der Waals surface area contributed by atoms with Crippen LogP contribution in [-0.2, 0) is 14.3 Å². The number of benzene rings is 1. The molecule has 0 aliphatic carbocycles. The van der Waals surface area contributed by atoms with Crippen LogP contribution in [0.15, 0.2) is 18.2 Å². The lowest BCUT2D eigenvalue weighted by Crippen LogP contribution is -2.18. The van der Waals surface area contributed by atoms with Gasteiger partial charge in [-0.2, -0.15) is 0 Å². The van der Waals surface area contributed by atoms with Gasteiger partial charge in [0.05, 0.1) is 24.8 Å². The summed E-state index contributed by atoms with van der Waals surface area (Å²) in [5, 5.41) is 0.284. The molecule has 0 N–H and O–H groups in total. The second-order valence-corrected chi connectivity index (χ2v) is 4.71. The van der Waals surface area contributed by atoms with Crippen LogP contribution in [0.4, 0.5) is 0 Å². The summed E-state index contributed by atoms with van der Waals surface area (Å²) < 4.78 is 15.5. The van der Waals surface area contributed by atoms with Crippen molar-refractivity contribution in [2.45, 2.75) is 19.4 Å². The first-order valence-electron chi connectivity index (χ1n) is 6.37. The first-order valence-corrected chi connectivity index (χ1v) is 6.75. The van der Waals surface area contributed by atoms with Gasteiger partial charge in [-0.3, -0.25) is 4.79 Å². The minimum absolute atomic E-state index is 0.0286. The number of Topliss-reactive ketones (excluding diaryl/α,β-unsaturated/α-hetero) is 1. The van der Waals surface area contributed by atoms with Crippen LogP contribution in [-0.4, -0.2) is 37.7 Å². The fourth-order valence-corrected chi connectivity index (χ4v) is 2.06. The zero-order valence-corrected chi connectivity index (χ0v) is 11.8. The second kappa shape index (κ2) is 6.72. The summed E-state index contributed by atoms with van der Waals surface area (Å²) >= 11 is 6.06. The lowest BCUT2D eigenvalue weighted by Gasteiger charge is -2.13. The molecule has 0 saturated carbocycles. The molecule has 6 heteroatoms. The van der Waals surface area contributed by atoms with Gasteiger partial charge in [0.1, 0.15) is 11.9 Å². The number of halogens is 1. The third-order valence-corrected chi connectivity index (χ3v) is 3.13. The fourth-order valence-electron chi connectivity index (χ4n) is 1.84. The van der Waals surface area contributed by atoms with Gasteiger partial charge in [0, 0.05) is 12.0 Å². The number of carbonyl (C=O) groups excluding carboxylic acids is 2. The van der Waals surface area contributed by atoms with E-state index in [-0.39, 0.29) is 23.3 Å². The van der Waals surface area contributed by atoms with Crippen LogP contribution < -0.4 is 4.74 Å². The van der Waals surface area contributed by atoms with Gasteiger partial charge in [0.2, 0.25) is 0 Å². The molecule has 1 aromatic rings. The van der Waals surface area contributed by atoms with Gasteiger partial charge < -0.3 is 14.2 Å².